The fourth-order valence-electron chi connectivity index (χ4n) is 1.30. The van der Waals surface area contributed by atoms with Gasteiger partial charge in [0.2, 0.25) is 0 Å². The van der Waals surface area contributed by atoms with E-state index in [-0.39, 0.29) is 5.25 Å². The lowest BCUT2D eigenvalue weighted by molar-refractivity contribution is 0.354. The van der Waals surface area contributed by atoms with Crippen LogP contribution in [0.2, 0.25) is 0 Å². The Morgan fingerprint density at radius 1 is 1.21 bits per heavy atom. The molecule has 1 aromatic rings. The number of thiol groups is 1. The predicted molar refractivity (Wildman–Crippen MR) is 61.6 cm³/mol. The Labute approximate surface area is 90.6 Å². The number of hydrogen-bond acceptors (Lipinski definition) is 3. The van der Waals surface area contributed by atoms with Crippen LogP contribution < -0.4 is 9.47 Å². The lowest BCUT2D eigenvalue weighted by Gasteiger charge is -2.12. The van der Waals surface area contributed by atoms with Gasteiger partial charge in [0.15, 0.2) is 11.5 Å². The highest BCUT2D eigenvalue weighted by Gasteiger charge is 2.08. The molecule has 78 valence electrons. The second kappa shape index (κ2) is 5.15. The van der Waals surface area contributed by atoms with E-state index < -0.39 is 0 Å². The zero-order valence-corrected chi connectivity index (χ0v) is 9.67. The number of rotatable bonds is 4. The molecule has 2 nitrogen and oxygen atoms in total. The second-order valence-electron chi connectivity index (χ2n) is 3.04. The summed E-state index contributed by atoms with van der Waals surface area (Å²) in [6.45, 7) is 2.11. The molecule has 0 aliphatic rings. The molecule has 0 bridgehead atoms. The topological polar surface area (TPSA) is 18.5 Å². The quantitative estimate of drug-likeness (QED) is 0.773. The summed E-state index contributed by atoms with van der Waals surface area (Å²) in [5, 5.41) is 0.259. The van der Waals surface area contributed by atoms with Gasteiger partial charge in [0.25, 0.3) is 0 Å². The molecule has 0 spiro atoms. The van der Waals surface area contributed by atoms with Gasteiger partial charge < -0.3 is 9.47 Å². The van der Waals surface area contributed by atoms with Gasteiger partial charge in [-0.1, -0.05) is 13.0 Å². The van der Waals surface area contributed by atoms with E-state index in [2.05, 4.69) is 19.6 Å². The molecule has 0 N–H and O–H groups in total. The number of benzene rings is 1. The van der Waals surface area contributed by atoms with Gasteiger partial charge in [0.05, 0.1) is 14.2 Å². The van der Waals surface area contributed by atoms with Crippen molar-refractivity contribution < 1.29 is 9.47 Å². The third-order valence-electron chi connectivity index (χ3n) is 2.18. The van der Waals surface area contributed by atoms with Crippen molar-refractivity contribution in [3.63, 3.8) is 0 Å². The highest BCUT2D eigenvalue weighted by molar-refractivity contribution is 7.80. The number of hydrogen-bond donors (Lipinski definition) is 1. The molecule has 0 fully saturated rings. The standard InChI is InChI=1S/C11H16O2S/c1-4-11(14)8-5-6-9(12-2)10(7-8)13-3/h5-7,11,14H,4H2,1-3H3. The van der Waals surface area contributed by atoms with Crippen molar-refractivity contribution in [3.05, 3.63) is 23.8 Å². The predicted octanol–water partition coefficient (Wildman–Crippen LogP) is 3.08. The summed E-state index contributed by atoms with van der Waals surface area (Å²) in [4.78, 5) is 0. The lowest BCUT2D eigenvalue weighted by atomic mass is 10.1. The largest absolute Gasteiger partial charge is 0.493 e. The Balaban J connectivity index is 3.01. The maximum absolute atomic E-state index is 5.21. The van der Waals surface area contributed by atoms with Gasteiger partial charge in [0.1, 0.15) is 0 Å². The highest BCUT2D eigenvalue weighted by Crippen LogP contribution is 2.32. The first kappa shape index (κ1) is 11.2. The van der Waals surface area contributed by atoms with Gasteiger partial charge >= 0.3 is 0 Å². The molecule has 1 aromatic carbocycles. The van der Waals surface area contributed by atoms with Crippen LogP contribution in [0.1, 0.15) is 24.2 Å². The fourth-order valence-corrected chi connectivity index (χ4v) is 1.46. The molecule has 0 heterocycles. The van der Waals surface area contributed by atoms with Crippen LogP contribution in [0.3, 0.4) is 0 Å². The summed E-state index contributed by atoms with van der Waals surface area (Å²) in [5.41, 5.74) is 1.16. The monoisotopic (exact) mass is 212 g/mol. The van der Waals surface area contributed by atoms with Crippen molar-refractivity contribution in [2.24, 2.45) is 0 Å². The summed E-state index contributed by atoms with van der Waals surface area (Å²) < 4.78 is 10.4. The molecule has 0 amide bonds. The van der Waals surface area contributed by atoms with Gasteiger partial charge in [-0.05, 0) is 24.1 Å². The van der Waals surface area contributed by atoms with E-state index in [1.807, 2.05) is 18.2 Å². The van der Waals surface area contributed by atoms with Gasteiger partial charge in [-0.15, -0.1) is 0 Å². The third kappa shape index (κ3) is 2.35. The van der Waals surface area contributed by atoms with Crippen LogP contribution in [-0.4, -0.2) is 14.2 Å². The van der Waals surface area contributed by atoms with E-state index in [9.17, 15) is 0 Å². The van der Waals surface area contributed by atoms with Crippen molar-refractivity contribution >= 4 is 12.6 Å². The lowest BCUT2D eigenvalue weighted by Crippen LogP contribution is -1.94. The maximum Gasteiger partial charge on any atom is 0.161 e. The molecule has 1 rings (SSSR count). The van der Waals surface area contributed by atoms with Gasteiger partial charge in [0, 0.05) is 5.25 Å². The summed E-state index contributed by atoms with van der Waals surface area (Å²) >= 11 is 4.47. The normalized spacial score (nSPS) is 12.3. The summed E-state index contributed by atoms with van der Waals surface area (Å²) in [7, 11) is 3.27. The van der Waals surface area contributed by atoms with Gasteiger partial charge in [-0.25, -0.2) is 0 Å². The van der Waals surface area contributed by atoms with Gasteiger partial charge in [-0.2, -0.15) is 12.6 Å². The van der Waals surface area contributed by atoms with Crippen LogP contribution in [0.25, 0.3) is 0 Å². The minimum atomic E-state index is 0.259. The molecule has 0 radical (unpaired) electrons. The van der Waals surface area contributed by atoms with Crippen molar-refractivity contribution in [2.75, 3.05) is 14.2 Å². The Hall–Kier alpha value is -0.830. The summed E-state index contributed by atoms with van der Waals surface area (Å²) in [5.74, 6) is 1.52. The smallest absolute Gasteiger partial charge is 0.161 e. The minimum absolute atomic E-state index is 0.259. The molecule has 1 atom stereocenters. The van der Waals surface area contributed by atoms with Crippen LogP contribution in [0, 0.1) is 0 Å². The van der Waals surface area contributed by atoms with E-state index in [1.165, 1.54) is 0 Å². The second-order valence-corrected chi connectivity index (χ2v) is 3.66. The van der Waals surface area contributed by atoms with E-state index in [1.54, 1.807) is 14.2 Å². The Bertz CT molecular complexity index is 299. The third-order valence-corrected chi connectivity index (χ3v) is 2.84. The fraction of sp³-hybridized carbons (Fsp3) is 0.455. The van der Waals surface area contributed by atoms with Crippen molar-refractivity contribution in [1.82, 2.24) is 0 Å². The molecular weight excluding hydrogens is 196 g/mol. The van der Waals surface area contributed by atoms with Crippen molar-refractivity contribution in [3.8, 4) is 11.5 Å². The first-order chi connectivity index (χ1) is 6.72. The zero-order chi connectivity index (χ0) is 10.6. The summed E-state index contributed by atoms with van der Waals surface area (Å²) in [6.07, 6.45) is 0.999. The van der Waals surface area contributed by atoms with E-state index in [0.717, 1.165) is 23.5 Å². The van der Waals surface area contributed by atoms with Crippen molar-refractivity contribution in [2.45, 2.75) is 18.6 Å². The Kier molecular flexibility index (Phi) is 4.14. The van der Waals surface area contributed by atoms with E-state index >= 15 is 0 Å². The Morgan fingerprint density at radius 3 is 2.36 bits per heavy atom. The molecule has 0 saturated carbocycles. The molecule has 0 aromatic heterocycles. The Morgan fingerprint density at radius 2 is 1.86 bits per heavy atom. The average molecular weight is 212 g/mol. The first-order valence-corrected chi connectivity index (χ1v) is 5.14. The maximum atomic E-state index is 5.21. The van der Waals surface area contributed by atoms with Crippen LogP contribution >= 0.6 is 12.6 Å². The van der Waals surface area contributed by atoms with E-state index in [0.29, 0.717) is 0 Å². The molecule has 0 aliphatic heterocycles. The van der Waals surface area contributed by atoms with Crippen molar-refractivity contribution in [1.29, 1.82) is 0 Å². The molecule has 0 saturated heterocycles. The minimum Gasteiger partial charge on any atom is -0.493 e. The SMILES string of the molecule is CCC(S)c1ccc(OC)c(OC)c1. The van der Waals surface area contributed by atoms with E-state index in [4.69, 9.17) is 9.47 Å². The molecule has 3 heteroatoms. The molecule has 0 aliphatic carbocycles. The summed E-state index contributed by atoms with van der Waals surface area (Å²) in [6, 6.07) is 5.90. The number of ether oxygens (including phenoxy) is 2. The van der Waals surface area contributed by atoms with Crippen LogP contribution in [-0.2, 0) is 0 Å². The molecular formula is C11H16O2S. The zero-order valence-electron chi connectivity index (χ0n) is 8.78. The van der Waals surface area contributed by atoms with Crippen LogP contribution in [0.5, 0.6) is 11.5 Å². The number of methoxy groups -OCH3 is 2. The average Bonchev–Trinajstić information content (AvgIpc) is 2.26. The first-order valence-electron chi connectivity index (χ1n) is 4.63. The van der Waals surface area contributed by atoms with Crippen LogP contribution in [0.15, 0.2) is 18.2 Å². The highest BCUT2D eigenvalue weighted by atomic mass is 32.1. The molecule has 14 heavy (non-hydrogen) atoms. The van der Waals surface area contributed by atoms with Crippen LogP contribution in [0.4, 0.5) is 0 Å². The van der Waals surface area contributed by atoms with Gasteiger partial charge in [-0.3, -0.25) is 0 Å². The molecule has 1 unspecified atom stereocenters.